The first-order valence-corrected chi connectivity index (χ1v) is 12.6. The van der Waals surface area contributed by atoms with Crippen molar-refractivity contribution in [2.45, 2.75) is 17.5 Å². The van der Waals surface area contributed by atoms with Crippen molar-refractivity contribution >= 4 is 75.5 Å². The van der Waals surface area contributed by atoms with Crippen LogP contribution in [-0.4, -0.2) is 54.9 Å². The Labute approximate surface area is 209 Å². The van der Waals surface area contributed by atoms with Crippen LogP contribution in [0.25, 0.3) is 6.08 Å². The summed E-state index contributed by atoms with van der Waals surface area (Å²) >= 11 is 9.35. The summed E-state index contributed by atoms with van der Waals surface area (Å²) in [6.07, 6.45) is 5.09. The van der Waals surface area contributed by atoms with Gasteiger partial charge in [-0.1, -0.05) is 40.8 Å². The van der Waals surface area contributed by atoms with Crippen molar-refractivity contribution in [2.75, 3.05) is 11.5 Å². The van der Waals surface area contributed by atoms with Crippen LogP contribution in [0, 0.1) is 4.91 Å². The van der Waals surface area contributed by atoms with Gasteiger partial charge in [-0.15, -0.1) is 16.7 Å². The summed E-state index contributed by atoms with van der Waals surface area (Å²) in [5, 5.41) is 16.1. The molecule has 0 saturated carbocycles. The standard InChI is InChI=1S/C19H15ClN6O5S3/c20-14-10(24-19(21)34-14)11(25-31)15(27)23-12-16(28)26-13(18(29)30)9(7-33-17(12)26)32-5-3-8-2-1-4-22-6-8/h1-6,11-12,17H,7H2,(H2,21,24)(H,23,27)(H,29,30)/t11?,12-,17+/m1/s1. The molecule has 4 rings (SSSR count). The molecule has 4 N–H and O–H groups in total. The zero-order chi connectivity index (χ0) is 24.4. The first kappa shape index (κ1) is 24.2. The number of β-lactam (4-membered cyclic amide) rings is 1. The number of rotatable bonds is 8. The molecule has 11 nitrogen and oxygen atoms in total. The third-order valence-electron chi connectivity index (χ3n) is 4.83. The number of carboxylic acid groups (broad SMARTS) is 1. The van der Waals surface area contributed by atoms with E-state index in [0.717, 1.165) is 21.8 Å². The van der Waals surface area contributed by atoms with Crippen molar-refractivity contribution in [3.8, 4) is 0 Å². The number of hydrogen-bond donors (Lipinski definition) is 3. The molecule has 2 aromatic rings. The fourth-order valence-corrected chi connectivity index (χ4v) is 6.63. The van der Waals surface area contributed by atoms with Crippen LogP contribution < -0.4 is 11.1 Å². The highest BCUT2D eigenvalue weighted by Gasteiger charge is 2.54. The molecule has 2 amide bonds. The Kier molecular flexibility index (Phi) is 7.21. The van der Waals surface area contributed by atoms with Gasteiger partial charge in [-0.3, -0.25) is 19.5 Å². The molecule has 15 heteroatoms. The van der Waals surface area contributed by atoms with E-state index in [0.29, 0.717) is 10.7 Å². The highest BCUT2D eigenvalue weighted by Crippen LogP contribution is 2.44. The van der Waals surface area contributed by atoms with Crippen LogP contribution in [0.4, 0.5) is 5.13 Å². The lowest BCUT2D eigenvalue weighted by Gasteiger charge is -2.49. The largest absolute Gasteiger partial charge is 0.477 e. The maximum Gasteiger partial charge on any atom is 0.353 e. The maximum absolute atomic E-state index is 12.8. The van der Waals surface area contributed by atoms with Gasteiger partial charge in [0.05, 0.1) is 0 Å². The van der Waals surface area contributed by atoms with Gasteiger partial charge < -0.3 is 16.2 Å². The highest BCUT2D eigenvalue weighted by molar-refractivity contribution is 8.08. The monoisotopic (exact) mass is 538 g/mol. The molecule has 2 aliphatic heterocycles. The van der Waals surface area contributed by atoms with Crippen molar-refractivity contribution in [3.63, 3.8) is 0 Å². The number of pyridine rings is 1. The Hall–Kier alpha value is -2.94. The maximum atomic E-state index is 12.8. The molecule has 0 bridgehead atoms. The zero-order valence-corrected chi connectivity index (χ0v) is 20.2. The summed E-state index contributed by atoms with van der Waals surface area (Å²) in [4.78, 5) is 58.2. The Bertz CT molecular complexity index is 1220. The molecule has 2 aliphatic rings. The SMILES string of the molecule is Nc1nc(C(N=O)C(=O)N[C@@H]2C(=O)N3C(C(=O)O)=C(SC=Cc4cccnc4)CS[C@@H]23)c(Cl)s1. The Morgan fingerprint density at radius 1 is 1.47 bits per heavy atom. The van der Waals surface area contributed by atoms with Crippen LogP contribution in [0.5, 0.6) is 0 Å². The van der Waals surface area contributed by atoms with Gasteiger partial charge in [0.15, 0.2) is 5.13 Å². The molecule has 0 spiro atoms. The van der Waals surface area contributed by atoms with Crippen molar-refractivity contribution in [1.29, 1.82) is 0 Å². The van der Waals surface area contributed by atoms with Crippen LogP contribution in [0.3, 0.4) is 0 Å². The summed E-state index contributed by atoms with van der Waals surface area (Å²) in [5.41, 5.74) is 6.17. The lowest BCUT2D eigenvalue weighted by Crippen LogP contribution is -2.70. The third-order valence-corrected chi connectivity index (χ3v) is 8.30. The number of carbonyl (C=O) groups excluding carboxylic acids is 2. The average Bonchev–Trinajstić information content (AvgIpc) is 3.15. The minimum atomic E-state index is -1.59. The van der Waals surface area contributed by atoms with Gasteiger partial charge in [0.1, 0.15) is 27.1 Å². The number of nitrogen functional groups attached to an aromatic ring is 1. The number of thiazole rings is 1. The van der Waals surface area contributed by atoms with Crippen LogP contribution in [0.1, 0.15) is 17.3 Å². The van der Waals surface area contributed by atoms with Crippen LogP contribution in [-0.2, 0) is 14.4 Å². The number of anilines is 1. The number of nitroso groups, excluding NO2 is 1. The zero-order valence-electron chi connectivity index (χ0n) is 17.0. The van der Waals surface area contributed by atoms with E-state index in [1.807, 2.05) is 6.07 Å². The number of aromatic nitrogens is 2. The smallest absolute Gasteiger partial charge is 0.353 e. The van der Waals surface area contributed by atoms with E-state index >= 15 is 0 Å². The minimum absolute atomic E-state index is 0.0444. The van der Waals surface area contributed by atoms with Crippen LogP contribution in [0.15, 0.2) is 45.7 Å². The number of nitrogens with zero attached hydrogens (tertiary/aromatic N) is 4. The molecule has 34 heavy (non-hydrogen) atoms. The van der Waals surface area contributed by atoms with E-state index in [9.17, 15) is 24.4 Å². The molecular formula is C19H15ClN6O5S3. The number of thioether (sulfide) groups is 2. The van der Waals surface area contributed by atoms with Crippen molar-refractivity contribution < 1.29 is 19.5 Å². The summed E-state index contributed by atoms with van der Waals surface area (Å²) in [5.74, 6) is -2.42. The number of fused-ring (bicyclic) bond motifs is 1. The molecule has 0 aromatic carbocycles. The topological polar surface area (TPSA) is 168 Å². The fraction of sp³-hybridized carbons (Fsp3) is 0.211. The van der Waals surface area contributed by atoms with Gasteiger partial charge >= 0.3 is 5.97 Å². The van der Waals surface area contributed by atoms with Gasteiger partial charge in [0, 0.05) is 23.1 Å². The van der Waals surface area contributed by atoms with Gasteiger partial charge in [-0.05, 0) is 28.3 Å². The molecule has 0 radical (unpaired) electrons. The number of carboxylic acids is 1. The third kappa shape index (κ3) is 4.66. The summed E-state index contributed by atoms with van der Waals surface area (Å²) < 4.78 is 0.0444. The van der Waals surface area contributed by atoms with E-state index < -0.39 is 35.2 Å². The highest BCUT2D eigenvalue weighted by atomic mass is 35.5. The van der Waals surface area contributed by atoms with Crippen LogP contribution in [0.2, 0.25) is 4.34 Å². The second kappa shape index (κ2) is 10.1. The van der Waals surface area contributed by atoms with E-state index in [1.54, 1.807) is 29.9 Å². The molecule has 176 valence electrons. The minimum Gasteiger partial charge on any atom is -0.477 e. The summed E-state index contributed by atoms with van der Waals surface area (Å²) in [6, 6.07) is 1.02. The van der Waals surface area contributed by atoms with Crippen molar-refractivity contribution in [1.82, 2.24) is 20.2 Å². The fourth-order valence-electron chi connectivity index (χ4n) is 3.30. The molecular weight excluding hydrogens is 524 g/mol. The number of nitrogens with two attached hydrogens (primary N) is 1. The quantitative estimate of drug-likeness (QED) is 0.335. The molecule has 3 atom stereocenters. The van der Waals surface area contributed by atoms with Gasteiger partial charge in [0.25, 0.3) is 11.8 Å². The molecule has 1 saturated heterocycles. The Balaban J connectivity index is 1.48. The van der Waals surface area contributed by atoms with Crippen LogP contribution >= 0.6 is 46.5 Å². The number of carbonyl (C=O) groups is 3. The summed E-state index contributed by atoms with van der Waals surface area (Å²) in [7, 11) is 0. The van der Waals surface area contributed by atoms with E-state index in [4.69, 9.17) is 17.3 Å². The predicted octanol–water partition coefficient (Wildman–Crippen LogP) is 2.68. The second-order valence-electron chi connectivity index (χ2n) is 6.90. The first-order valence-electron chi connectivity index (χ1n) is 9.50. The van der Waals surface area contributed by atoms with E-state index in [-0.39, 0.29) is 20.9 Å². The number of amides is 2. The molecule has 4 heterocycles. The molecule has 0 aliphatic carbocycles. The van der Waals surface area contributed by atoms with Gasteiger partial charge in [-0.25, -0.2) is 9.78 Å². The number of halogens is 1. The Morgan fingerprint density at radius 3 is 2.88 bits per heavy atom. The number of aliphatic carboxylic acids is 1. The molecule has 2 aromatic heterocycles. The molecule has 1 fully saturated rings. The predicted molar refractivity (Wildman–Crippen MR) is 131 cm³/mol. The number of nitrogens with one attached hydrogen (secondary N) is 1. The van der Waals surface area contributed by atoms with E-state index in [1.165, 1.54) is 23.5 Å². The van der Waals surface area contributed by atoms with Gasteiger partial charge in [0.2, 0.25) is 6.04 Å². The van der Waals surface area contributed by atoms with Gasteiger partial charge in [-0.2, -0.15) is 0 Å². The summed E-state index contributed by atoms with van der Waals surface area (Å²) in [6.45, 7) is 0. The van der Waals surface area contributed by atoms with Crippen molar-refractivity contribution in [2.24, 2.45) is 5.18 Å². The average molecular weight is 539 g/mol. The second-order valence-corrected chi connectivity index (χ2v) is 10.6. The number of hydrogen-bond acceptors (Lipinski definition) is 11. The first-order chi connectivity index (χ1) is 16.3. The van der Waals surface area contributed by atoms with E-state index in [2.05, 4.69) is 20.5 Å². The Morgan fingerprint density at radius 2 is 2.26 bits per heavy atom. The van der Waals surface area contributed by atoms with Crippen molar-refractivity contribution in [3.05, 3.63) is 61.0 Å². The molecule has 1 unspecified atom stereocenters. The normalized spacial score (nSPS) is 20.6. The lowest BCUT2D eigenvalue weighted by molar-refractivity contribution is -0.150. The lowest BCUT2D eigenvalue weighted by atomic mass is 10.0.